The lowest BCUT2D eigenvalue weighted by Gasteiger charge is -2.06. The molecule has 0 aliphatic carbocycles. The van der Waals surface area contributed by atoms with E-state index in [0.29, 0.717) is 5.56 Å². The number of hydrogen-bond donors (Lipinski definition) is 1. The van der Waals surface area contributed by atoms with Gasteiger partial charge in [-0.15, -0.1) is 8.78 Å². The highest BCUT2D eigenvalue weighted by Gasteiger charge is 2.43. The maximum Gasteiger partial charge on any atom is 0.586 e. The van der Waals surface area contributed by atoms with Crippen molar-refractivity contribution < 1.29 is 23.0 Å². The zero-order valence-electron chi connectivity index (χ0n) is 13.9. The molecule has 0 saturated carbocycles. The number of aromatic amines is 1. The maximum atomic E-state index is 13.2. The molecule has 1 N–H and O–H groups in total. The molecule has 0 unspecified atom stereocenters. The number of alkyl halides is 2. The van der Waals surface area contributed by atoms with Crippen molar-refractivity contribution in [2.75, 3.05) is 0 Å². The van der Waals surface area contributed by atoms with Crippen molar-refractivity contribution in [3.63, 3.8) is 0 Å². The third-order valence-corrected chi connectivity index (χ3v) is 4.42. The predicted molar refractivity (Wildman–Crippen MR) is 90.1 cm³/mol. The van der Waals surface area contributed by atoms with Gasteiger partial charge in [-0.1, -0.05) is 12.1 Å². The standard InChI is InChI=1S/C19H13F2NO4/c1-9-3-4-11(5-10(9)2)17(23)13-8-22-14-7-16-15(6-12(14)18(13)24)25-19(20,21)26-16/h3-8H,1-2H3,(H,22,24). The van der Waals surface area contributed by atoms with E-state index < -0.39 is 17.5 Å². The van der Waals surface area contributed by atoms with Crippen LogP contribution in [0, 0.1) is 13.8 Å². The molecule has 132 valence electrons. The molecule has 0 radical (unpaired) electrons. The van der Waals surface area contributed by atoms with Crippen LogP contribution in [-0.4, -0.2) is 17.1 Å². The number of benzene rings is 2. The van der Waals surface area contributed by atoms with Gasteiger partial charge in [-0.3, -0.25) is 9.59 Å². The molecular formula is C19H13F2NO4. The van der Waals surface area contributed by atoms with Gasteiger partial charge in [0, 0.05) is 17.8 Å². The van der Waals surface area contributed by atoms with Crippen LogP contribution in [0.15, 0.2) is 41.3 Å². The minimum atomic E-state index is -3.78. The van der Waals surface area contributed by atoms with Gasteiger partial charge < -0.3 is 14.5 Å². The molecule has 2 aromatic carbocycles. The van der Waals surface area contributed by atoms with Gasteiger partial charge in [0.05, 0.1) is 16.5 Å². The van der Waals surface area contributed by atoms with Gasteiger partial charge in [0.1, 0.15) is 0 Å². The number of halogens is 2. The number of ether oxygens (including phenoxy) is 2. The van der Waals surface area contributed by atoms with Gasteiger partial charge >= 0.3 is 6.29 Å². The maximum absolute atomic E-state index is 13.2. The highest BCUT2D eigenvalue weighted by molar-refractivity contribution is 6.10. The number of H-pyrrole nitrogens is 1. The van der Waals surface area contributed by atoms with Gasteiger partial charge in [-0.05, 0) is 37.1 Å². The summed E-state index contributed by atoms with van der Waals surface area (Å²) in [7, 11) is 0. The van der Waals surface area contributed by atoms with Gasteiger partial charge in [-0.2, -0.15) is 0 Å². The van der Waals surface area contributed by atoms with Crippen molar-refractivity contribution in [1.29, 1.82) is 0 Å². The molecule has 1 aliphatic rings. The second-order valence-corrected chi connectivity index (χ2v) is 6.17. The average Bonchev–Trinajstić information content (AvgIpc) is 2.88. The number of pyridine rings is 1. The van der Waals surface area contributed by atoms with E-state index in [1.807, 2.05) is 13.8 Å². The SMILES string of the molecule is Cc1ccc(C(=O)c2c[nH]c3cc4c(cc3c2=O)OC(F)(F)O4)cc1C. The van der Waals surface area contributed by atoms with Gasteiger partial charge in [0.15, 0.2) is 17.3 Å². The first-order valence-corrected chi connectivity index (χ1v) is 7.82. The van der Waals surface area contributed by atoms with E-state index in [2.05, 4.69) is 14.5 Å². The summed E-state index contributed by atoms with van der Waals surface area (Å²) in [5, 5.41) is 0.0692. The van der Waals surface area contributed by atoms with Crippen molar-refractivity contribution in [3.05, 3.63) is 69.0 Å². The predicted octanol–water partition coefficient (Wildman–Crippen LogP) is 3.70. The number of hydrogen-bond acceptors (Lipinski definition) is 4. The van der Waals surface area contributed by atoms with E-state index >= 15 is 0 Å². The number of fused-ring (bicyclic) bond motifs is 2. The topological polar surface area (TPSA) is 68.4 Å². The van der Waals surface area contributed by atoms with Crippen LogP contribution in [0.3, 0.4) is 0 Å². The van der Waals surface area contributed by atoms with Crippen molar-refractivity contribution in [3.8, 4) is 11.5 Å². The minimum absolute atomic E-state index is 0.0692. The van der Waals surface area contributed by atoms with Crippen LogP contribution in [0.25, 0.3) is 10.9 Å². The summed E-state index contributed by atoms with van der Waals surface area (Å²) in [6, 6.07) is 7.56. The lowest BCUT2D eigenvalue weighted by molar-refractivity contribution is -0.286. The third-order valence-electron chi connectivity index (χ3n) is 4.42. The van der Waals surface area contributed by atoms with E-state index in [1.165, 1.54) is 12.3 Å². The number of carbonyl (C=O) groups excluding carboxylic acids is 1. The number of carbonyl (C=O) groups is 1. The summed E-state index contributed by atoms with van der Waals surface area (Å²) in [6.45, 7) is 3.79. The Morgan fingerprint density at radius 2 is 1.73 bits per heavy atom. The van der Waals surface area contributed by atoms with Crippen LogP contribution in [0.1, 0.15) is 27.0 Å². The molecule has 5 nitrogen and oxygen atoms in total. The molecule has 0 bridgehead atoms. The first-order valence-electron chi connectivity index (χ1n) is 7.82. The fourth-order valence-corrected chi connectivity index (χ4v) is 2.87. The van der Waals surface area contributed by atoms with Crippen molar-refractivity contribution in [1.82, 2.24) is 4.98 Å². The highest BCUT2D eigenvalue weighted by Crippen LogP contribution is 2.42. The second kappa shape index (κ2) is 5.39. The summed E-state index contributed by atoms with van der Waals surface area (Å²) in [5.41, 5.74) is 1.97. The first-order chi connectivity index (χ1) is 12.2. The summed E-state index contributed by atoms with van der Waals surface area (Å²) in [5.74, 6) is -0.866. The summed E-state index contributed by atoms with van der Waals surface area (Å²) in [6.07, 6.45) is -2.50. The van der Waals surface area contributed by atoms with E-state index in [9.17, 15) is 18.4 Å². The quantitative estimate of drug-likeness (QED) is 0.710. The molecule has 3 aromatic rings. The summed E-state index contributed by atoms with van der Waals surface area (Å²) >= 11 is 0. The lowest BCUT2D eigenvalue weighted by Crippen LogP contribution is -2.25. The molecule has 0 spiro atoms. The number of ketones is 1. The van der Waals surface area contributed by atoms with Gasteiger partial charge in [0.2, 0.25) is 5.43 Å². The van der Waals surface area contributed by atoms with Crippen LogP contribution in [-0.2, 0) is 0 Å². The van der Waals surface area contributed by atoms with E-state index in [0.717, 1.165) is 17.2 Å². The molecule has 26 heavy (non-hydrogen) atoms. The van der Waals surface area contributed by atoms with E-state index in [1.54, 1.807) is 18.2 Å². The number of nitrogens with one attached hydrogen (secondary N) is 1. The minimum Gasteiger partial charge on any atom is -0.395 e. The Morgan fingerprint density at radius 1 is 1.04 bits per heavy atom. The molecule has 0 amide bonds. The third kappa shape index (κ3) is 2.52. The van der Waals surface area contributed by atoms with Crippen LogP contribution in [0.4, 0.5) is 8.78 Å². The zero-order valence-corrected chi connectivity index (χ0v) is 13.9. The summed E-state index contributed by atoms with van der Waals surface area (Å²) < 4.78 is 35.1. The van der Waals surface area contributed by atoms with Crippen LogP contribution >= 0.6 is 0 Å². The molecule has 4 rings (SSSR count). The molecule has 0 fully saturated rings. The number of aryl methyl sites for hydroxylation is 2. The number of rotatable bonds is 2. The molecule has 0 saturated heterocycles. The fourth-order valence-electron chi connectivity index (χ4n) is 2.87. The Labute approximate surface area is 146 Å². The van der Waals surface area contributed by atoms with E-state index in [4.69, 9.17) is 0 Å². The lowest BCUT2D eigenvalue weighted by atomic mass is 9.99. The van der Waals surface area contributed by atoms with Crippen LogP contribution in [0.5, 0.6) is 11.5 Å². The smallest absolute Gasteiger partial charge is 0.395 e. The fraction of sp³-hybridized carbons (Fsp3) is 0.158. The molecule has 7 heteroatoms. The van der Waals surface area contributed by atoms with Gasteiger partial charge in [0.25, 0.3) is 0 Å². The monoisotopic (exact) mass is 357 g/mol. The molecule has 0 atom stereocenters. The van der Waals surface area contributed by atoms with Crippen molar-refractivity contribution in [2.45, 2.75) is 20.1 Å². The van der Waals surface area contributed by atoms with Crippen LogP contribution in [0.2, 0.25) is 0 Å². The molecule has 2 heterocycles. The normalized spacial score (nSPS) is 14.6. The molecular weight excluding hydrogens is 344 g/mol. The Hall–Kier alpha value is -3.22. The Bertz CT molecular complexity index is 1130. The average molecular weight is 357 g/mol. The van der Waals surface area contributed by atoms with Crippen molar-refractivity contribution in [2.24, 2.45) is 0 Å². The summed E-state index contributed by atoms with van der Waals surface area (Å²) in [4.78, 5) is 28.2. The zero-order chi connectivity index (χ0) is 18.6. The molecule has 1 aromatic heterocycles. The van der Waals surface area contributed by atoms with Gasteiger partial charge in [-0.25, -0.2) is 0 Å². The first kappa shape index (κ1) is 16.3. The molecule has 1 aliphatic heterocycles. The highest BCUT2D eigenvalue weighted by atomic mass is 19.3. The number of aromatic nitrogens is 1. The van der Waals surface area contributed by atoms with Crippen LogP contribution < -0.4 is 14.9 Å². The second-order valence-electron chi connectivity index (χ2n) is 6.17. The Balaban J connectivity index is 1.83. The van der Waals surface area contributed by atoms with Crippen molar-refractivity contribution >= 4 is 16.7 Å². The Morgan fingerprint density at radius 3 is 2.42 bits per heavy atom. The van der Waals surface area contributed by atoms with E-state index in [-0.39, 0.29) is 28.0 Å². The Kier molecular flexibility index (Phi) is 3.37. The largest absolute Gasteiger partial charge is 0.586 e.